The van der Waals surface area contributed by atoms with Gasteiger partial charge in [-0.1, -0.05) is 0 Å². The Bertz CT molecular complexity index is 592. The number of nitrogen functional groups attached to an aromatic ring is 1. The van der Waals surface area contributed by atoms with E-state index in [1.807, 2.05) is 20.2 Å². The summed E-state index contributed by atoms with van der Waals surface area (Å²) in [5.41, 5.74) is 5.27. The van der Waals surface area contributed by atoms with Crippen LogP contribution in [0.1, 0.15) is 21.6 Å². The smallest absolute Gasteiger partial charge is 0.253 e. The third kappa shape index (κ3) is 2.89. The zero-order chi connectivity index (χ0) is 13.8. The van der Waals surface area contributed by atoms with Gasteiger partial charge in [-0.2, -0.15) is 5.10 Å². The fourth-order valence-corrected chi connectivity index (χ4v) is 1.80. The van der Waals surface area contributed by atoms with E-state index in [2.05, 4.69) is 20.8 Å². The molecular formula is C12H16N6O. The number of hydrazine groups is 1. The second-order valence-electron chi connectivity index (χ2n) is 4.16. The maximum atomic E-state index is 12.1. The van der Waals surface area contributed by atoms with Crippen molar-refractivity contribution in [1.82, 2.24) is 20.1 Å². The van der Waals surface area contributed by atoms with Crippen molar-refractivity contribution < 1.29 is 4.79 Å². The number of nitrogens with two attached hydrogens (primary N) is 1. The molecule has 2 heterocycles. The minimum absolute atomic E-state index is 0.210. The van der Waals surface area contributed by atoms with Crippen LogP contribution in [0.25, 0.3) is 0 Å². The third-order valence-electron chi connectivity index (χ3n) is 2.78. The van der Waals surface area contributed by atoms with Gasteiger partial charge in [-0.05, 0) is 13.0 Å². The Kier molecular flexibility index (Phi) is 3.76. The lowest BCUT2D eigenvalue weighted by atomic mass is 10.2. The molecule has 0 bridgehead atoms. The molecular weight excluding hydrogens is 244 g/mol. The van der Waals surface area contributed by atoms with Gasteiger partial charge >= 0.3 is 0 Å². The first kappa shape index (κ1) is 13.0. The molecule has 4 N–H and O–H groups in total. The second-order valence-corrected chi connectivity index (χ2v) is 4.16. The molecule has 0 radical (unpaired) electrons. The number of nitrogens with zero attached hydrogens (tertiary/aromatic N) is 3. The van der Waals surface area contributed by atoms with Crippen molar-refractivity contribution in [2.24, 2.45) is 12.9 Å². The van der Waals surface area contributed by atoms with E-state index >= 15 is 0 Å². The molecule has 2 aromatic rings. The van der Waals surface area contributed by atoms with Crippen molar-refractivity contribution in [3.05, 3.63) is 41.5 Å². The van der Waals surface area contributed by atoms with E-state index < -0.39 is 0 Å². The van der Waals surface area contributed by atoms with Crippen LogP contribution in [0.5, 0.6) is 0 Å². The van der Waals surface area contributed by atoms with Gasteiger partial charge in [0.2, 0.25) is 0 Å². The number of carbonyl (C=O) groups is 1. The number of aryl methyl sites for hydroxylation is 2. The minimum Gasteiger partial charge on any atom is -0.348 e. The number of pyridine rings is 1. The van der Waals surface area contributed by atoms with Gasteiger partial charge in [0, 0.05) is 31.5 Å². The predicted molar refractivity (Wildman–Crippen MR) is 71.2 cm³/mol. The summed E-state index contributed by atoms with van der Waals surface area (Å²) in [4.78, 5) is 16.0. The van der Waals surface area contributed by atoms with Gasteiger partial charge < -0.3 is 10.7 Å². The van der Waals surface area contributed by atoms with Crippen LogP contribution < -0.4 is 16.6 Å². The number of nitrogens with one attached hydrogen (secondary N) is 2. The van der Waals surface area contributed by atoms with Gasteiger partial charge in [-0.15, -0.1) is 0 Å². The fourth-order valence-electron chi connectivity index (χ4n) is 1.80. The topological polar surface area (TPSA) is 97.9 Å². The molecule has 19 heavy (non-hydrogen) atoms. The van der Waals surface area contributed by atoms with E-state index in [0.29, 0.717) is 17.8 Å². The lowest BCUT2D eigenvalue weighted by Crippen LogP contribution is -2.25. The SMILES string of the molecule is Cc1nn(C)cc1CNC(=O)c1ccncc1NN. The summed E-state index contributed by atoms with van der Waals surface area (Å²) < 4.78 is 1.72. The quantitative estimate of drug-likeness (QED) is 0.544. The molecule has 0 saturated heterocycles. The first-order valence-electron chi connectivity index (χ1n) is 5.79. The van der Waals surface area contributed by atoms with Crippen LogP contribution in [-0.4, -0.2) is 20.7 Å². The molecule has 100 valence electrons. The average Bonchev–Trinajstić information content (AvgIpc) is 2.74. The third-order valence-corrected chi connectivity index (χ3v) is 2.78. The normalized spacial score (nSPS) is 10.3. The molecule has 2 aromatic heterocycles. The minimum atomic E-state index is -0.210. The van der Waals surface area contributed by atoms with Crippen molar-refractivity contribution in [1.29, 1.82) is 0 Å². The number of carbonyl (C=O) groups excluding carboxylic acids is 1. The first-order valence-corrected chi connectivity index (χ1v) is 5.79. The van der Waals surface area contributed by atoms with Crippen LogP contribution in [0.4, 0.5) is 5.69 Å². The maximum Gasteiger partial charge on any atom is 0.253 e. The summed E-state index contributed by atoms with van der Waals surface area (Å²) in [5.74, 6) is 5.13. The molecule has 0 aromatic carbocycles. The predicted octanol–water partition coefficient (Wildman–Crippen LogP) is 0.339. The summed E-state index contributed by atoms with van der Waals surface area (Å²) in [6.45, 7) is 2.33. The summed E-state index contributed by atoms with van der Waals surface area (Å²) in [7, 11) is 1.84. The van der Waals surface area contributed by atoms with E-state index in [1.54, 1.807) is 16.9 Å². The van der Waals surface area contributed by atoms with Crippen molar-refractivity contribution >= 4 is 11.6 Å². The Morgan fingerprint density at radius 1 is 1.53 bits per heavy atom. The number of aromatic nitrogens is 3. The van der Waals surface area contributed by atoms with Gasteiger partial charge in [0.15, 0.2) is 0 Å². The highest BCUT2D eigenvalue weighted by atomic mass is 16.1. The lowest BCUT2D eigenvalue weighted by Gasteiger charge is -2.08. The van der Waals surface area contributed by atoms with E-state index in [0.717, 1.165) is 11.3 Å². The maximum absolute atomic E-state index is 12.1. The summed E-state index contributed by atoms with van der Waals surface area (Å²) >= 11 is 0. The monoisotopic (exact) mass is 260 g/mol. The average molecular weight is 260 g/mol. The number of anilines is 1. The molecule has 7 heteroatoms. The van der Waals surface area contributed by atoms with Crippen LogP contribution in [0.2, 0.25) is 0 Å². The Morgan fingerprint density at radius 3 is 2.95 bits per heavy atom. The molecule has 7 nitrogen and oxygen atoms in total. The van der Waals surface area contributed by atoms with Gasteiger partial charge in [0.1, 0.15) is 0 Å². The number of hydrogen-bond acceptors (Lipinski definition) is 5. The van der Waals surface area contributed by atoms with E-state index in [-0.39, 0.29) is 5.91 Å². The standard InChI is InChI=1S/C12H16N6O/c1-8-9(7-18(2)17-8)5-15-12(19)10-3-4-14-6-11(10)16-13/h3-4,6-7,16H,5,13H2,1-2H3,(H,15,19). The molecule has 0 fully saturated rings. The molecule has 0 spiro atoms. The zero-order valence-corrected chi connectivity index (χ0v) is 10.8. The second kappa shape index (κ2) is 5.49. The van der Waals surface area contributed by atoms with Gasteiger partial charge in [0.05, 0.1) is 23.1 Å². The van der Waals surface area contributed by atoms with Crippen LogP contribution in [0, 0.1) is 6.92 Å². The number of rotatable bonds is 4. The fraction of sp³-hybridized carbons (Fsp3) is 0.250. The molecule has 0 atom stereocenters. The summed E-state index contributed by atoms with van der Waals surface area (Å²) in [6.07, 6.45) is 4.93. The van der Waals surface area contributed by atoms with Crippen LogP contribution in [0.15, 0.2) is 24.7 Å². The van der Waals surface area contributed by atoms with E-state index in [4.69, 9.17) is 5.84 Å². The van der Waals surface area contributed by atoms with Crippen molar-refractivity contribution in [2.45, 2.75) is 13.5 Å². The molecule has 1 amide bonds. The Morgan fingerprint density at radius 2 is 2.32 bits per heavy atom. The van der Waals surface area contributed by atoms with Crippen molar-refractivity contribution in [2.75, 3.05) is 5.43 Å². The largest absolute Gasteiger partial charge is 0.348 e. The van der Waals surface area contributed by atoms with Crippen LogP contribution >= 0.6 is 0 Å². The highest BCUT2D eigenvalue weighted by molar-refractivity contribution is 5.99. The Hall–Kier alpha value is -2.41. The van der Waals surface area contributed by atoms with E-state index in [1.165, 1.54) is 6.20 Å². The highest BCUT2D eigenvalue weighted by Gasteiger charge is 2.11. The van der Waals surface area contributed by atoms with Gasteiger partial charge in [0.25, 0.3) is 5.91 Å². The molecule has 2 rings (SSSR count). The van der Waals surface area contributed by atoms with Crippen LogP contribution in [-0.2, 0) is 13.6 Å². The lowest BCUT2D eigenvalue weighted by molar-refractivity contribution is 0.0951. The van der Waals surface area contributed by atoms with Crippen molar-refractivity contribution in [3.63, 3.8) is 0 Å². The zero-order valence-electron chi connectivity index (χ0n) is 10.8. The highest BCUT2D eigenvalue weighted by Crippen LogP contribution is 2.12. The molecule has 0 saturated carbocycles. The first-order chi connectivity index (χ1) is 9.11. The summed E-state index contributed by atoms with van der Waals surface area (Å²) in [5, 5.41) is 7.05. The molecule has 0 aliphatic carbocycles. The van der Waals surface area contributed by atoms with Gasteiger partial charge in [-0.25, -0.2) is 0 Å². The number of hydrogen-bond donors (Lipinski definition) is 3. The summed E-state index contributed by atoms with van der Waals surface area (Å²) in [6, 6.07) is 1.61. The Balaban J connectivity index is 2.07. The molecule has 0 aliphatic heterocycles. The Labute approximate surface area is 110 Å². The molecule has 0 unspecified atom stereocenters. The van der Waals surface area contributed by atoms with E-state index in [9.17, 15) is 4.79 Å². The van der Waals surface area contributed by atoms with Crippen molar-refractivity contribution in [3.8, 4) is 0 Å². The van der Waals surface area contributed by atoms with Crippen LogP contribution in [0.3, 0.4) is 0 Å². The number of amides is 1. The van der Waals surface area contributed by atoms with Gasteiger partial charge in [-0.3, -0.25) is 20.3 Å². The molecule has 0 aliphatic rings.